The second-order valence-corrected chi connectivity index (χ2v) is 4.66. The Labute approximate surface area is 122 Å². The van der Waals surface area contributed by atoms with Gasteiger partial charge in [-0.15, -0.1) is 0 Å². The normalized spacial score (nSPS) is 10.3. The van der Waals surface area contributed by atoms with E-state index in [1.807, 2.05) is 31.2 Å². The molecule has 0 unspecified atom stereocenters. The van der Waals surface area contributed by atoms with Crippen molar-refractivity contribution in [3.8, 4) is 11.3 Å². The molecule has 3 aromatic rings. The number of amides is 1. The Morgan fingerprint density at radius 2 is 1.95 bits per heavy atom. The van der Waals surface area contributed by atoms with Crippen LogP contribution in [0.5, 0.6) is 0 Å². The van der Waals surface area contributed by atoms with Crippen molar-refractivity contribution >= 4 is 11.6 Å². The zero-order valence-electron chi connectivity index (χ0n) is 11.5. The number of rotatable bonds is 3. The van der Waals surface area contributed by atoms with E-state index in [1.165, 1.54) is 6.20 Å². The third kappa shape index (κ3) is 2.97. The van der Waals surface area contributed by atoms with Crippen LogP contribution in [0.15, 0.2) is 55.0 Å². The van der Waals surface area contributed by atoms with Gasteiger partial charge in [0.25, 0.3) is 5.91 Å². The number of aromatic nitrogens is 3. The summed E-state index contributed by atoms with van der Waals surface area (Å²) in [4.78, 5) is 23.3. The Morgan fingerprint density at radius 1 is 1.14 bits per heavy atom. The molecule has 0 bridgehead atoms. The van der Waals surface area contributed by atoms with Gasteiger partial charge < -0.3 is 10.3 Å². The average Bonchev–Trinajstić information content (AvgIpc) is 2.95. The van der Waals surface area contributed by atoms with E-state index in [-0.39, 0.29) is 5.91 Å². The number of aryl methyl sites for hydroxylation is 1. The Hall–Kier alpha value is -2.95. The lowest BCUT2D eigenvalue weighted by Gasteiger charge is -2.05. The van der Waals surface area contributed by atoms with E-state index in [1.54, 1.807) is 24.5 Å². The van der Waals surface area contributed by atoms with Crippen molar-refractivity contribution < 1.29 is 4.79 Å². The van der Waals surface area contributed by atoms with E-state index in [0.29, 0.717) is 5.56 Å². The highest BCUT2D eigenvalue weighted by molar-refractivity contribution is 6.04. The lowest BCUT2D eigenvalue weighted by atomic mass is 10.1. The van der Waals surface area contributed by atoms with Crippen molar-refractivity contribution in [3.63, 3.8) is 0 Å². The third-order valence-electron chi connectivity index (χ3n) is 3.08. The first-order chi connectivity index (χ1) is 10.2. The quantitative estimate of drug-likeness (QED) is 0.773. The molecule has 104 valence electrons. The van der Waals surface area contributed by atoms with Crippen LogP contribution < -0.4 is 5.32 Å². The summed E-state index contributed by atoms with van der Waals surface area (Å²) in [6.45, 7) is 1.91. The van der Waals surface area contributed by atoms with Gasteiger partial charge >= 0.3 is 0 Å². The first kappa shape index (κ1) is 13.1. The summed E-state index contributed by atoms with van der Waals surface area (Å²) in [6.07, 6.45) is 4.97. The van der Waals surface area contributed by atoms with Gasteiger partial charge in [-0.25, -0.2) is 4.98 Å². The number of benzene rings is 1. The van der Waals surface area contributed by atoms with Crippen LogP contribution in [-0.2, 0) is 0 Å². The van der Waals surface area contributed by atoms with Gasteiger partial charge in [0.15, 0.2) is 0 Å². The highest BCUT2D eigenvalue weighted by Gasteiger charge is 2.06. The number of anilines is 1. The van der Waals surface area contributed by atoms with Crippen molar-refractivity contribution in [1.29, 1.82) is 0 Å². The smallest absolute Gasteiger partial charge is 0.257 e. The van der Waals surface area contributed by atoms with E-state index in [9.17, 15) is 4.79 Å². The van der Waals surface area contributed by atoms with Gasteiger partial charge in [0, 0.05) is 18.1 Å². The molecule has 5 nitrogen and oxygen atoms in total. The fourth-order valence-corrected chi connectivity index (χ4v) is 2.00. The number of aromatic amines is 1. The summed E-state index contributed by atoms with van der Waals surface area (Å²) in [7, 11) is 0. The van der Waals surface area contributed by atoms with Crippen LogP contribution in [0.4, 0.5) is 5.69 Å². The maximum atomic E-state index is 12.0. The maximum absolute atomic E-state index is 12.0. The predicted molar refractivity (Wildman–Crippen MR) is 81.0 cm³/mol. The minimum atomic E-state index is -0.173. The van der Waals surface area contributed by atoms with Gasteiger partial charge in [-0.1, -0.05) is 12.1 Å². The number of imidazole rings is 1. The summed E-state index contributed by atoms with van der Waals surface area (Å²) in [5.74, 6) is 0.701. The van der Waals surface area contributed by atoms with Crippen molar-refractivity contribution in [2.24, 2.45) is 0 Å². The second kappa shape index (κ2) is 5.58. The van der Waals surface area contributed by atoms with Crippen LogP contribution >= 0.6 is 0 Å². The molecule has 0 saturated heterocycles. The molecule has 0 atom stereocenters. The summed E-state index contributed by atoms with van der Waals surface area (Å²) in [5, 5.41) is 2.84. The first-order valence-corrected chi connectivity index (χ1v) is 6.56. The molecule has 0 aliphatic heterocycles. The highest BCUT2D eigenvalue weighted by atomic mass is 16.1. The first-order valence-electron chi connectivity index (χ1n) is 6.56. The van der Waals surface area contributed by atoms with Gasteiger partial charge in [0.2, 0.25) is 0 Å². The van der Waals surface area contributed by atoms with Crippen molar-refractivity contribution in [1.82, 2.24) is 15.0 Å². The number of H-pyrrole nitrogens is 1. The number of carbonyl (C=O) groups is 1. The minimum Gasteiger partial charge on any atom is -0.342 e. The van der Waals surface area contributed by atoms with Gasteiger partial charge in [0.1, 0.15) is 5.82 Å². The number of pyridine rings is 1. The molecule has 1 aromatic carbocycles. The molecule has 0 fully saturated rings. The monoisotopic (exact) mass is 278 g/mol. The van der Waals surface area contributed by atoms with Crippen molar-refractivity contribution in [2.45, 2.75) is 6.92 Å². The minimum absolute atomic E-state index is 0.173. The topological polar surface area (TPSA) is 70.7 Å². The SMILES string of the molecule is Cc1ncc(-c2ccc(NC(=O)c3cccnc3)cc2)[nH]1. The average molecular weight is 278 g/mol. The number of nitrogens with one attached hydrogen (secondary N) is 2. The van der Waals surface area contributed by atoms with Crippen LogP contribution in [-0.4, -0.2) is 20.9 Å². The summed E-state index contributed by atoms with van der Waals surface area (Å²) >= 11 is 0. The zero-order chi connectivity index (χ0) is 14.7. The summed E-state index contributed by atoms with van der Waals surface area (Å²) in [5.41, 5.74) is 3.25. The van der Waals surface area contributed by atoms with Crippen LogP contribution in [0.25, 0.3) is 11.3 Å². The number of hydrogen-bond donors (Lipinski definition) is 2. The summed E-state index contributed by atoms with van der Waals surface area (Å²) < 4.78 is 0. The van der Waals surface area contributed by atoms with E-state index in [4.69, 9.17) is 0 Å². The Balaban J connectivity index is 1.74. The molecule has 0 radical (unpaired) electrons. The van der Waals surface area contributed by atoms with Crippen molar-refractivity contribution in [3.05, 3.63) is 66.4 Å². The van der Waals surface area contributed by atoms with E-state index in [2.05, 4.69) is 20.3 Å². The number of carbonyl (C=O) groups excluding carboxylic acids is 1. The van der Waals surface area contributed by atoms with Crippen LogP contribution in [0.1, 0.15) is 16.2 Å². The molecule has 0 aliphatic rings. The molecule has 0 aliphatic carbocycles. The van der Waals surface area contributed by atoms with E-state index in [0.717, 1.165) is 22.8 Å². The van der Waals surface area contributed by atoms with Crippen LogP contribution in [0.2, 0.25) is 0 Å². The number of nitrogens with zero attached hydrogens (tertiary/aromatic N) is 2. The second-order valence-electron chi connectivity index (χ2n) is 4.66. The highest BCUT2D eigenvalue weighted by Crippen LogP contribution is 2.19. The van der Waals surface area contributed by atoms with Crippen LogP contribution in [0.3, 0.4) is 0 Å². The van der Waals surface area contributed by atoms with Gasteiger partial charge in [-0.3, -0.25) is 9.78 Å². The van der Waals surface area contributed by atoms with Crippen LogP contribution in [0, 0.1) is 6.92 Å². The molecule has 3 rings (SSSR count). The standard InChI is InChI=1S/C16H14N4O/c1-11-18-10-15(19-11)12-4-6-14(7-5-12)20-16(21)13-3-2-8-17-9-13/h2-10H,1H3,(H,18,19)(H,20,21). The molecule has 5 heteroatoms. The number of hydrogen-bond acceptors (Lipinski definition) is 3. The predicted octanol–water partition coefficient (Wildman–Crippen LogP) is 3.03. The van der Waals surface area contributed by atoms with Gasteiger partial charge in [-0.05, 0) is 36.8 Å². The molecule has 1 amide bonds. The molecule has 2 N–H and O–H groups in total. The Bertz CT molecular complexity index is 747. The molecule has 21 heavy (non-hydrogen) atoms. The maximum Gasteiger partial charge on any atom is 0.257 e. The fraction of sp³-hybridized carbons (Fsp3) is 0.0625. The largest absolute Gasteiger partial charge is 0.342 e. The van der Waals surface area contributed by atoms with E-state index >= 15 is 0 Å². The molecule has 0 saturated carbocycles. The lowest BCUT2D eigenvalue weighted by molar-refractivity contribution is 0.102. The van der Waals surface area contributed by atoms with Crippen molar-refractivity contribution in [2.75, 3.05) is 5.32 Å². The molecule has 0 spiro atoms. The lowest BCUT2D eigenvalue weighted by Crippen LogP contribution is -2.11. The Morgan fingerprint density at radius 3 is 2.57 bits per heavy atom. The van der Waals surface area contributed by atoms with E-state index < -0.39 is 0 Å². The van der Waals surface area contributed by atoms with Gasteiger partial charge in [-0.2, -0.15) is 0 Å². The molecule has 2 heterocycles. The molecular formula is C16H14N4O. The molecule has 2 aromatic heterocycles. The zero-order valence-corrected chi connectivity index (χ0v) is 11.5. The van der Waals surface area contributed by atoms with Gasteiger partial charge in [0.05, 0.1) is 17.5 Å². The summed E-state index contributed by atoms with van der Waals surface area (Å²) in [6, 6.07) is 11.1. The molecular weight excluding hydrogens is 264 g/mol. The fourth-order valence-electron chi connectivity index (χ4n) is 2.00. The Kier molecular flexibility index (Phi) is 3.47. The third-order valence-corrected chi connectivity index (χ3v) is 3.08.